The largest absolute Gasteiger partial charge is 0.496 e. The molecule has 2 nitrogen and oxygen atoms in total. The van der Waals surface area contributed by atoms with E-state index in [4.69, 9.17) is 4.74 Å². The molecule has 1 fully saturated rings. The van der Waals surface area contributed by atoms with E-state index in [9.17, 15) is 4.79 Å². The van der Waals surface area contributed by atoms with Crippen molar-refractivity contribution in [2.75, 3.05) is 7.11 Å². The molecule has 1 aromatic carbocycles. The van der Waals surface area contributed by atoms with Crippen LogP contribution in [0.15, 0.2) is 12.1 Å². The molecule has 0 saturated heterocycles. The van der Waals surface area contributed by atoms with Crippen LogP contribution in [0.2, 0.25) is 0 Å². The number of carbonyl (C=O) groups excluding carboxylic acids is 1. The standard InChI is InChI=1S/C20H28O2/c1-12(2)14-6-9-17-15(19(14)22-5)7-8-16-13(3)18(21)10-11-20(16,17)4/h6,9,12-13,16H,7-8,10-11H2,1-5H3/t13-,16-,20-/m0/s1. The van der Waals surface area contributed by atoms with Crippen LogP contribution in [0.25, 0.3) is 0 Å². The highest BCUT2D eigenvalue weighted by atomic mass is 16.5. The average Bonchev–Trinajstić information content (AvgIpc) is 2.50. The number of Topliss-reactive ketones (excluding diaryl/α,β-unsaturated/α-hetero) is 1. The van der Waals surface area contributed by atoms with Crippen LogP contribution in [0.4, 0.5) is 0 Å². The Morgan fingerprint density at radius 1 is 1.27 bits per heavy atom. The normalized spacial score (nSPS) is 30.9. The molecule has 3 rings (SSSR count). The van der Waals surface area contributed by atoms with Gasteiger partial charge in [-0.2, -0.15) is 0 Å². The molecule has 120 valence electrons. The predicted molar refractivity (Wildman–Crippen MR) is 89.7 cm³/mol. The number of ketones is 1. The van der Waals surface area contributed by atoms with E-state index in [1.807, 2.05) is 0 Å². The molecule has 1 aromatic rings. The first-order valence-electron chi connectivity index (χ1n) is 8.63. The van der Waals surface area contributed by atoms with Crippen LogP contribution in [0.1, 0.15) is 69.6 Å². The monoisotopic (exact) mass is 300 g/mol. The van der Waals surface area contributed by atoms with Gasteiger partial charge in [-0.3, -0.25) is 4.79 Å². The smallest absolute Gasteiger partial charge is 0.136 e. The van der Waals surface area contributed by atoms with Crippen molar-refractivity contribution in [3.05, 3.63) is 28.8 Å². The predicted octanol–water partition coefficient (Wildman–Crippen LogP) is 4.64. The van der Waals surface area contributed by atoms with Crippen molar-refractivity contribution in [1.82, 2.24) is 0 Å². The summed E-state index contributed by atoms with van der Waals surface area (Å²) in [5.74, 6) is 2.70. The van der Waals surface area contributed by atoms with Crippen LogP contribution in [-0.4, -0.2) is 12.9 Å². The molecule has 0 bridgehead atoms. The molecular weight excluding hydrogens is 272 g/mol. The van der Waals surface area contributed by atoms with Crippen molar-refractivity contribution in [2.45, 2.75) is 64.7 Å². The fraction of sp³-hybridized carbons (Fsp3) is 0.650. The molecule has 0 N–H and O–H groups in total. The van der Waals surface area contributed by atoms with Crippen molar-refractivity contribution in [2.24, 2.45) is 11.8 Å². The summed E-state index contributed by atoms with van der Waals surface area (Å²) < 4.78 is 5.81. The first-order valence-corrected chi connectivity index (χ1v) is 8.63. The molecule has 0 unspecified atom stereocenters. The molecule has 2 heteroatoms. The van der Waals surface area contributed by atoms with E-state index in [1.165, 1.54) is 16.7 Å². The Morgan fingerprint density at radius 2 is 2.00 bits per heavy atom. The molecule has 2 aliphatic rings. The van der Waals surface area contributed by atoms with Gasteiger partial charge in [-0.25, -0.2) is 0 Å². The summed E-state index contributed by atoms with van der Waals surface area (Å²) in [7, 11) is 1.79. The second-order valence-electron chi connectivity index (χ2n) is 7.69. The molecule has 0 heterocycles. The quantitative estimate of drug-likeness (QED) is 0.795. The molecule has 0 amide bonds. The van der Waals surface area contributed by atoms with Crippen LogP contribution in [0.3, 0.4) is 0 Å². The van der Waals surface area contributed by atoms with Crippen LogP contribution >= 0.6 is 0 Å². The van der Waals surface area contributed by atoms with Crippen molar-refractivity contribution < 1.29 is 9.53 Å². The van der Waals surface area contributed by atoms with Gasteiger partial charge in [-0.05, 0) is 53.2 Å². The number of hydrogen-bond donors (Lipinski definition) is 0. The number of rotatable bonds is 2. The lowest BCUT2D eigenvalue weighted by Gasteiger charge is -2.49. The Labute approximate surface area is 134 Å². The Kier molecular flexibility index (Phi) is 3.82. The SMILES string of the molecule is COc1c(C(C)C)ccc2c1CC[C@H]1[C@H](C)C(=O)CC[C@]21C. The van der Waals surface area contributed by atoms with Crippen LogP contribution in [0.5, 0.6) is 5.75 Å². The molecule has 2 aliphatic carbocycles. The Morgan fingerprint density at radius 3 is 2.64 bits per heavy atom. The summed E-state index contributed by atoms with van der Waals surface area (Å²) in [5.41, 5.74) is 4.27. The van der Waals surface area contributed by atoms with Gasteiger partial charge in [0.25, 0.3) is 0 Å². The summed E-state index contributed by atoms with van der Waals surface area (Å²) in [5, 5.41) is 0. The number of ether oxygens (including phenoxy) is 1. The van der Waals surface area contributed by atoms with Gasteiger partial charge in [0.2, 0.25) is 0 Å². The van der Waals surface area contributed by atoms with Crippen LogP contribution in [0, 0.1) is 11.8 Å². The zero-order valence-corrected chi connectivity index (χ0v) is 14.5. The molecule has 22 heavy (non-hydrogen) atoms. The highest BCUT2D eigenvalue weighted by Gasteiger charge is 2.48. The minimum Gasteiger partial charge on any atom is -0.496 e. The van der Waals surface area contributed by atoms with E-state index in [-0.39, 0.29) is 11.3 Å². The third-order valence-corrected chi connectivity index (χ3v) is 6.26. The van der Waals surface area contributed by atoms with Gasteiger partial charge in [0.15, 0.2) is 0 Å². The van der Waals surface area contributed by atoms with E-state index in [0.717, 1.165) is 31.4 Å². The second-order valence-corrected chi connectivity index (χ2v) is 7.69. The fourth-order valence-electron chi connectivity index (χ4n) is 4.90. The van der Waals surface area contributed by atoms with E-state index >= 15 is 0 Å². The third-order valence-electron chi connectivity index (χ3n) is 6.26. The number of hydrogen-bond acceptors (Lipinski definition) is 2. The van der Waals surface area contributed by atoms with Gasteiger partial charge >= 0.3 is 0 Å². The van der Waals surface area contributed by atoms with Gasteiger partial charge in [-0.15, -0.1) is 0 Å². The fourth-order valence-corrected chi connectivity index (χ4v) is 4.90. The first-order chi connectivity index (χ1) is 10.4. The summed E-state index contributed by atoms with van der Waals surface area (Å²) >= 11 is 0. The minimum atomic E-state index is 0.129. The Hall–Kier alpha value is -1.31. The second kappa shape index (κ2) is 5.40. The number of carbonyl (C=O) groups is 1. The van der Waals surface area contributed by atoms with Gasteiger partial charge in [0.1, 0.15) is 11.5 Å². The van der Waals surface area contributed by atoms with Crippen LogP contribution in [-0.2, 0) is 16.6 Å². The molecule has 3 atom stereocenters. The topological polar surface area (TPSA) is 26.3 Å². The maximum absolute atomic E-state index is 12.1. The number of benzene rings is 1. The Bertz CT molecular complexity index is 602. The Balaban J connectivity index is 2.13. The van der Waals surface area contributed by atoms with E-state index in [2.05, 4.69) is 39.8 Å². The summed E-state index contributed by atoms with van der Waals surface area (Å²) in [6.45, 7) is 8.94. The molecule has 0 spiro atoms. The van der Waals surface area contributed by atoms with Crippen molar-refractivity contribution in [1.29, 1.82) is 0 Å². The highest BCUT2D eigenvalue weighted by molar-refractivity contribution is 5.82. The lowest BCUT2D eigenvalue weighted by molar-refractivity contribution is -0.128. The van der Waals surface area contributed by atoms with E-state index in [1.54, 1.807) is 7.11 Å². The van der Waals surface area contributed by atoms with Gasteiger partial charge in [0, 0.05) is 12.3 Å². The molecule has 0 aliphatic heterocycles. The third kappa shape index (κ3) is 2.11. The zero-order valence-electron chi connectivity index (χ0n) is 14.5. The molecular formula is C20H28O2. The molecule has 0 radical (unpaired) electrons. The van der Waals surface area contributed by atoms with Crippen molar-refractivity contribution >= 4 is 5.78 Å². The van der Waals surface area contributed by atoms with E-state index < -0.39 is 0 Å². The first kappa shape index (κ1) is 15.6. The summed E-state index contributed by atoms with van der Waals surface area (Å²) in [6.07, 6.45) is 3.85. The molecule has 0 aromatic heterocycles. The van der Waals surface area contributed by atoms with Crippen LogP contribution < -0.4 is 4.74 Å². The van der Waals surface area contributed by atoms with Gasteiger partial charge < -0.3 is 4.74 Å². The lowest BCUT2D eigenvalue weighted by atomic mass is 9.54. The molecule has 1 saturated carbocycles. The maximum Gasteiger partial charge on any atom is 0.136 e. The van der Waals surface area contributed by atoms with Crippen molar-refractivity contribution in [3.63, 3.8) is 0 Å². The average molecular weight is 300 g/mol. The van der Waals surface area contributed by atoms with Gasteiger partial charge in [0.05, 0.1) is 7.11 Å². The summed E-state index contributed by atoms with van der Waals surface area (Å²) in [6, 6.07) is 4.57. The number of fused-ring (bicyclic) bond motifs is 3. The zero-order chi connectivity index (χ0) is 16.1. The minimum absolute atomic E-state index is 0.129. The van der Waals surface area contributed by atoms with Crippen molar-refractivity contribution in [3.8, 4) is 5.75 Å². The summed E-state index contributed by atoms with van der Waals surface area (Å²) in [4.78, 5) is 12.1. The maximum atomic E-state index is 12.1. The van der Waals surface area contributed by atoms with E-state index in [0.29, 0.717) is 17.6 Å². The number of methoxy groups -OCH3 is 1. The lowest BCUT2D eigenvalue weighted by Crippen LogP contribution is -2.46. The highest BCUT2D eigenvalue weighted by Crippen LogP contribution is 2.53. The van der Waals surface area contributed by atoms with Gasteiger partial charge in [-0.1, -0.05) is 39.8 Å².